The van der Waals surface area contributed by atoms with Crippen LogP contribution in [0.4, 0.5) is 5.69 Å². The van der Waals surface area contributed by atoms with Crippen LogP contribution in [0.25, 0.3) is 22.2 Å². The van der Waals surface area contributed by atoms with E-state index >= 15 is 0 Å². The second-order valence-corrected chi connectivity index (χ2v) is 6.84. The number of hydrogen-bond donors (Lipinski definition) is 1. The van der Waals surface area contributed by atoms with Gasteiger partial charge in [-0.15, -0.1) is 0 Å². The van der Waals surface area contributed by atoms with Gasteiger partial charge in [-0.05, 0) is 43.3 Å². The van der Waals surface area contributed by atoms with E-state index in [1.54, 1.807) is 36.4 Å². The van der Waals surface area contributed by atoms with Crippen LogP contribution in [-0.4, -0.2) is 23.1 Å². The lowest BCUT2D eigenvalue weighted by molar-refractivity contribution is -0.123. The van der Waals surface area contributed by atoms with E-state index in [4.69, 9.17) is 14.5 Å². The van der Waals surface area contributed by atoms with Gasteiger partial charge in [-0.3, -0.25) is 4.79 Å². The molecule has 7 nitrogen and oxygen atoms in total. The highest BCUT2D eigenvalue weighted by Gasteiger charge is 2.21. The van der Waals surface area contributed by atoms with E-state index in [1.807, 2.05) is 36.4 Å². The quantitative estimate of drug-likeness (QED) is 0.483. The fourth-order valence-electron chi connectivity index (χ4n) is 3.06. The first kappa shape index (κ1) is 19.9. The zero-order valence-corrected chi connectivity index (χ0v) is 16.5. The first-order valence-electron chi connectivity index (χ1n) is 9.52. The Morgan fingerprint density at radius 2 is 1.87 bits per heavy atom. The summed E-state index contributed by atoms with van der Waals surface area (Å²) in [5, 5.41) is 16.3. The van der Waals surface area contributed by atoms with E-state index in [-0.39, 0.29) is 5.56 Å². The third-order valence-electron chi connectivity index (χ3n) is 4.66. The molecule has 1 amide bonds. The standard InChI is InChI=1S/C24H17N3O4/c1-15(23(28)26-19-9-5-6-16(12-19)14-25)30-24(29)18-10-11-21-20(13-18)22(31-27-21)17-7-3-2-4-8-17/h2-13,15H,1H3,(H,26,28)/t15-/m0/s1. The van der Waals surface area contributed by atoms with Gasteiger partial charge < -0.3 is 14.6 Å². The molecule has 4 rings (SSSR count). The number of rotatable bonds is 5. The Bertz CT molecular complexity index is 1310. The van der Waals surface area contributed by atoms with Gasteiger partial charge >= 0.3 is 5.97 Å². The van der Waals surface area contributed by atoms with E-state index in [9.17, 15) is 9.59 Å². The minimum Gasteiger partial charge on any atom is -0.449 e. The molecule has 0 aliphatic carbocycles. The number of anilines is 1. The van der Waals surface area contributed by atoms with Crippen molar-refractivity contribution in [3.8, 4) is 17.4 Å². The normalized spacial score (nSPS) is 11.5. The predicted octanol–water partition coefficient (Wildman–Crippen LogP) is 4.55. The first-order chi connectivity index (χ1) is 15.0. The fourth-order valence-corrected chi connectivity index (χ4v) is 3.06. The van der Waals surface area contributed by atoms with Crippen LogP contribution >= 0.6 is 0 Å². The summed E-state index contributed by atoms with van der Waals surface area (Å²) in [6.07, 6.45) is -1.04. The Hall–Kier alpha value is -4.44. The number of aromatic nitrogens is 1. The first-order valence-corrected chi connectivity index (χ1v) is 9.52. The van der Waals surface area contributed by atoms with E-state index < -0.39 is 18.0 Å². The van der Waals surface area contributed by atoms with Crippen molar-refractivity contribution in [2.24, 2.45) is 0 Å². The third kappa shape index (κ3) is 4.28. The number of amides is 1. The molecule has 0 saturated heterocycles. The molecule has 0 fully saturated rings. The van der Waals surface area contributed by atoms with Crippen molar-refractivity contribution in [3.63, 3.8) is 0 Å². The second kappa shape index (κ2) is 8.51. The van der Waals surface area contributed by atoms with Gasteiger partial charge in [0.25, 0.3) is 5.91 Å². The van der Waals surface area contributed by atoms with Gasteiger partial charge in [0.2, 0.25) is 0 Å². The van der Waals surface area contributed by atoms with Crippen molar-refractivity contribution in [3.05, 3.63) is 83.9 Å². The van der Waals surface area contributed by atoms with Gasteiger partial charge in [0.1, 0.15) is 5.52 Å². The number of fused-ring (bicyclic) bond motifs is 1. The molecular weight excluding hydrogens is 394 g/mol. The molecule has 0 aliphatic rings. The van der Waals surface area contributed by atoms with Crippen LogP contribution in [0.1, 0.15) is 22.8 Å². The van der Waals surface area contributed by atoms with Gasteiger partial charge in [-0.2, -0.15) is 5.26 Å². The lowest BCUT2D eigenvalue weighted by Gasteiger charge is -2.13. The molecule has 7 heteroatoms. The maximum Gasteiger partial charge on any atom is 0.338 e. The zero-order valence-electron chi connectivity index (χ0n) is 16.5. The number of carbonyl (C=O) groups is 2. The van der Waals surface area contributed by atoms with E-state index in [0.29, 0.717) is 27.9 Å². The molecule has 0 spiro atoms. The summed E-state index contributed by atoms with van der Waals surface area (Å²) in [6, 6.07) is 22.8. The summed E-state index contributed by atoms with van der Waals surface area (Å²) < 4.78 is 10.8. The SMILES string of the molecule is C[C@H](OC(=O)c1ccc2noc(-c3ccccc3)c2c1)C(=O)Nc1cccc(C#N)c1. The fraction of sp³-hybridized carbons (Fsp3) is 0.0833. The number of carbonyl (C=O) groups excluding carboxylic acids is 2. The van der Waals surface area contributed by atoms with E-state index in [1.165, 1.54) is 13.0 Å². The summed E-state index contributed by atoms with van der Waals surface area (Å²) in [6.45, 7) is 1.48. The average molecular weight is 411 g/mol. The van der Waals surface area contributed by atoms with Crippen LogP contribution in [0.3, 0.4) is 0 Å². The monoisotopic (exact) mass is 411 g/mol. The van der Waals surface area contributed by atoms with Gasteiger partial charge in [-0.25, -0.2) is 4.79 Å². The topological polar surface area (TPSA) is 105 Å². The molecule has 0 aliphatic heterocycles. The largest absolute Gasteiger partial charge is 0.449 e. The predicted molar refractivity (Wildman–Crippen MR) is 114 cm³/mol. The number of esters is 1. The molecule has 1 heterocycles. The molecule has 0 bridgehead atoms. The highest BCUT2D eigenvalue weighted by molar-refractivity contribution is 6.01. The third-order valence-corrected chi connectivity index (χ3v) is 4.66. The highest BCUT2D eigenvalue weighted by atomic mass is 16.5. The summed E-state index contributed by atoms with van der Waals surface area (Å²) in [5.74, 6) is -0.594. The molecule has 1 N–H and O–H groups in total. The van der Waals surface area contributed by atoms with E-state index in [2.05, 4.69) is 10.5 Å². The summed E-state index contributed by atoms with van der Waals surface area (Å²) in [4.78, 5) is 25.0. The number of ether oxygens (including phenoxy) is 1. The van der Waals surface area contributed by atoms with E-state index in [0.717, 1.165) is 5.56 Å². The molecule has 31 heavy (non-hydrogen) atoms. The van der Waals surface area contributed by atoms with Gasteiger partial charge in [0, 0.05) is 11.3 Å². The molecule has 1 aromatic heterocycles. The molecule has 152 valence electrons. The van der Waals surface area contributed by atoms with Crippen LogP contribution in [0.2, 0.25) is 0 Å². The van der Waals surface area contributed by atoms with Crippen molar-refractivity contribution < 1.29 is 18.8 Å². The molecule has 0 saturated carbocycles. The van der Waals surface area contributed by atoms with Gasteiger partial charge in [0.05, 0.1) is 22.6 Å². The highest BCUT2D eigenvalue weighted by Crippen LogP contribution is 2.29. The molecular formula is C24H17N3O4. The summed E-state index contributed by atoms with van der Waals surface area (Å²) >= 11 is 0. The number of benzene rings is 3. The number of nitrogens with one attached hydrogen (secondary N) is 1. The molecule has 3 aromatic carbocycles. The minimum absolute atomic E-state index is 0.277. The van der Waals surface area contributed by atoms with Crippen molar-refractivity contribution >= 4 is 28.5 Å². The molecule has 1 atom stereocenters. The van der Waals surface area contributed by atoms with Crippen LogP contribution in [0, 0.1) is 11.3 Å². The van der Waals surface area contributed by atoms with Crippen molar-refractivity contribution in [1.82, 2.24) is 5.16 Å². The summed E-state index contributed by atoms with van der Waals surface area (Å²) in [7, 11) is 0. The lowest BCUT2D eigenvalue weighted by Crippen LogP contribution is -2.30. The number of hydrogen-bond acceptors (Lipinski definition) is 6. The molecule has 0 unspecified atom stereocenters. The minimum atomic E-state index is -1.04. The molecule has 0 radical (unpaired) electrons. The van der Waals surface area contributed by atoms with Crippen molar-refractivity contribution in [2.45, 2.75) is 13.0 Å². The molecule has 4 aromatic rings. The smallest absolute Gasteiger partial charge is 0.338 e. The van der Waals surface area contributed by atoms with Crippen LogP contribution in [0.5, 0.6) is 0 Å². The van der Waals surface area contributed by atoms with Gasteiger partial charge in [0.15, 0.2) is 11.9 Å². The summed E-state index contributed by atoms with van der Waals surface area (Å²) in [5.41, 5.74) is 2.59. The Labute approximate surface area is 177 Å². The number of nitriles is 1. The maximum atomic E-state index is 12.6. The zero-order chi connectivity index (χ0) is 21.8. The Morgan fingerprint density at radius 3 is 2.65 bits per heavy atom. The van der Waals surface area contributed by atoms with Crippen LogP contribution < -0.4 is 5.32 Å². The maximum absolute atomic E-state index is 12.6. The van der Waals surface area contributed by atoms with Crippen molar-refractivity contribution in [1.29, 1.82) is 5.26 Å². The second-order valence-electron chi connectivity index (χ2n) is 6.84. The number of nitrogens with zero attached hydrogens (tertiary/aromatic N) is 2. The van der Waals surface area contributed by atoms with Crippen LogP contribution in [0.15, 0.2) is 77.3 Å². The van der Waals surface area contributed by atoms with Crippen molar-refractivity contribution in [2.75, 3.05) is 5.32 Å². The van der Waals surface area contributed by atoms with Crippen LogP contribution in [-0.2, 0) is 9.53 Å². The average Bonchev–Trinajstić information content (AvgIpc) is 3.23. The Balaban J connectivity index is 1.50. The lowest BCUT2D eigenvalue weighted by atomic mass is 10.1. The van der Waals surface area contributed by atoms with Gasteiger partial charge in [-0.1, -0.05) is 41.6 Å². The Morgan fingerprint density at radius 1 is 1.06 bits per heavy atom. The Kier molecular flexibility index (Phi) is 5.45.